The Morgan fingerprint density at radius 3 is 2.57 bits per heavy atom. The van der Waals surface area contributed by atoms with Crippen LogP contribution in [0.25, 0.3) is 0 Å². The number of hydrogen-bond acceptors (Lipinski definition) is 4. The monoisotopic (exact) mass is 387 g/mol. The molecule has 4 N–H and O–H groups in total. The van der Waals surface area contributed by atoms with Crippen LogP contribution in [-0.2, 0) is 9.59 Å². The van der Waals surface area contributed by atoms with Crippen molar-refractivity contribution in [1.82, 2.24) is 20.4 Å². The minimum Gasteiger partial charge on any atom is -0.352 e. The molecule has 2 heterocycles. The van der Waals surface area contributed by atoms with Crippen molar-refractivity contribution in [2.24, 2.45) is 5.73 Å². The summed E-state index contributed by atoms with van der Waals surface area (Å²) in [7, 11) is 1.61. The summed E-state index contributed by atoms with van der Waals surface area (Å²) in [6, 6.07) is 7.89. The molecule has 3 rings (SSSR count). The highest BCUT2D eigenvalue weighted by Crippen LogP contribution is 2.37. The minimum atomic E-state index is -0.758. The lowest BCUT2D eigenvalue weighted by atomic mass is 9.95. The molecule has 9 nitrogen and oxygen atoms in total. The maximum absolute atomic E-state index is 12.8. The third-order valence-corrected chi connectivity index (χ3v) is 5.33. The van der Waals surface area contributed by atoms with Gasteiger partial charge >= 0.3 is 6.03 Å². The van der Waals surface area contributed by atoms with Crippen LogP contribution in [0, 0.1) is 0 Å². The van der Waals surface area contributed by atoms with E-state index in [0.29, 0.717) is 12.0 Å². The minimum absolute atomic E-state index is 0.00930. The molecule has 1 aromatic rings. The highest BCUT2D eigenvalue weighted by molar-refractivity contribution is 5.96. The van der Waals surface area contributed by atoms with E-state index in [0.717, 1.165) is 12.8 Å². The Bertz CT molecular complexity index is 769. The van der Waals surface area contributed by atoms with Gasteiger partial charge in [-0.1, -0.05) is 18.2 Å². The molecule has 2 aliphatic heterocycles. The zero-order chi connectivity index (χ0) is 20.3. The smallest absolute Gasteiger partial charge is 0.312 e. The van der Waals surface area contributed by atoms with E-state index in [1.807, 2.05) is 6.07 Å². The van der Waals surface area contributed by atoms with Gasteiger partial charge in [0.25, 0.3) is 5.91 Å². The van der Waals surface area contributed by atoms with Crippen molar-refractivity contribution in [2.45, 2.75) is 37.4 Å². The van der Waals surface area contributed by atoms with Crippen molar-refractivity contribution in [3.63, 3.8) is 0 Å². The van der Waals surface area contributed by atoms with Crippen molar-refractivity contribution in [3.8, 4) is 0 Å². The topological polar surface area (TPSA) is 125 Å². The molecule has 2 aliphatic rings. The molecule has 0 aliphatic carbocycles. The highest BCUT2D eigenvalue weighted by atomic mass is 16.2. The summed E-state index contributed by atoms with van der Waals surface area (Å²) in [5, 5.41) is 5.12. The van der Waals surface area contributed by atoms with E-state index in [1.54, 1.807) is 36.2 Å². The molecule has 3 atom stereocenters. The van der Waals surface area contributed by atoms with E-state index in [2.05, 4.69) is 10.6 Å². The molecule has 5 amide bonds. The maximum Gasteiger partial charge on any atom is 0.312 e. The first-order chi connectivity index (χ1) is 13.4. The SMILES string of the molecule is CN(CC(=O)N1[C@@H]2CC[C@H]1[C@@H](NC(=O)CNC(N)=O)C2)C(=O)c1ccccc1. The van der Waals surface area contributed by atoms with Crippen molar-refractivity contribution in [3.05, 3.63) is 35.9 Å². The van der Waals surface area contributed by atoms with Gasteiger partial charge in [-0.15, -0.1) is 0 Å². The first kappa shape index (κ1) is 19.7. The summed E-state index contributed by atoms with van der Waals surface area (Å²) in [6.45, 7) is -0.198. The standard InChI is InChI=1S/C19H25N5O4/c1-23(18(27)12-5-3-2-4-6-12)11-17(26)24-13-7-8-15(24)14(9-13)22-16(25)10-21-19(20)28/h2-6,13-15H,7-11H2,1H3,(H,22,25)(H3,20,21,28)/t13-,14+,15+/m1/s1. The molecule has 2 bridgehead atoms. The number of benzene rings is 1. The van der Waals surface area contributed by atoms with Gasteiger partial charge in [-0.05, 0) is 31.4 Å². The molecule has 150 valence electrons. The first-order valence-corrected chi connectivity index (χ1v) is 9.31. The molecule has 0 aromatic heterocycles. The number of urea groups is 1. The van der Waals surface area contributed by atoms with E-state index in [4.69, 9.17) is 5.73 Å². The van der Waals surface area contributed by atoms with E-state index in [-0.39, 0.29) is 48.9 Å². The molecular weight excluding hydrogens is 362 g/mol. The van der Waals surface area contributed by atoms with Gasteiger partial charge in [-0.25, -0.2) is 4.79 Å². The Hall–Kier alpha value is -3.10. The fourth-order valence-electron chi connectivity index (χ4n) is 4.12. The van der Waals surface area contributed by atoms with Gasteiger partial charge in [0.2, 0.25) is 11.8 Å². The third kappa shape index (κ3) is 4.24. The molecule has 0 radical (unpaired) electrons. The Kier molecular flexibility index (Phi) is 5.81. The molecule has 1 aromatic carbocycles. The van der Waals surface area contributed by atoms with Gasteiger partial charge in [-0.3, -0.25) is 14.4 Å². The van der Waals surface area contributed by atoms with Gasteiger partial charge in [0.05, 0.1) is 25.2 Å². The zero-order valence-corrected chi connectivity index (χ0v) is 15.8. The summed E-state index contributed by atoms with van der Waals surface area (Å²) >= 11 is 0. The maximum atomic E-state index is 12.8. The Morgan fingerprint density at radius 2 is 1.89 bits per heavy atom. The number of amides is 5. The molecule has 0 unspecified atom stereocenters. The average Bonchev–Trinajstić information content (AvgIpc) is 3.24. The molecule has 28 heavy (non-hydrogen) atoms. The van der Waals surface area contributed by atoms with Crippen molar-refractivity contribution >= 4 is 23.8 Å². The predicted molar refractivity (Wildman–Crippen MR) is 101 cm³/mol. The molecular formula is C19H25N5O4. The van der Waals surface area contributed by atoms with E-state index >= 15 is 0 Å². The summed E-state index contributed by atoms with van der Waals surface area (Å²) in [5.41, 5.74) is 5.51. The van der Waals surface area contributed by atoms with E-state index < -0.39 is 6.03 Å². The number of carbonyl (C=O) groups excluding carboxylic acids is 4. The fraction of sp³-hybridized carbons (Fsp3) is 0.474. The van der Waals surface area contributed by atoms with Crippen LogP contribution in [0.1, 0.15) is 29.6 Å². The lowest BCUT2D eigenvalue weighted by molar-refractivity contribution is -0.133. The van der Waals surface area contributed by atoms with Crippen LogP contribution in [0.15, 0.2) is 30.3 Å². The second-order valence-corrected chi connectivity index (χ2v) is 7.25. The predicted octanol–water partition coefficient (Wildman–Crippen LogP) is -0.325. The third-order valence-electron chi connectivity index (χ3n) is 5.33. The van der Waals surface area contributed by atoms with Gasteiger partial charge in [0, 0.05) is 18.7 Å². The summed E-state index contributed by atoms with van der Waals surface area (Å²) in [4.78, 5) is 51.2. The average molecular weight is 387 g/mol. The van der Waals surface area contributed by atoms with Gasteiger partial charge in [0.15, 0.2) is 0 Å². The number of nitrogens with zero attached hydrogens (tertiary/aromatic N) is 2. The Morgan fingerprint density at radius 1 is 1.18 bits per heavy atom. The number of likely N-dealkylation sites (N-methyl/N-ethyl adjacent to an activating group) is 1. The second-order valence-electron chi connectivity index (χ2n) is 7.25. The number of nitrogens with two attached hydrogens (primary N) is 1. The fourth-order valence-corrected chi connectivity index (χ4v) is 4.12. The summed E-state index contributed by atoms with van der Waals surface area (Å²) in [6.07, 6.45) is 2.37. The van der Waals surface area contributed by atoms with Crippen molar-refractivity contribution in [1.29, 1.82) is 0 Å². The normalized spacial score (nSPS) is 22.6. The zero-order valence-electron chi connectivity index (χ0n) is 15.8. The first-order valence-electron chi connectivity index (χ1n) is 9.31. The lowest BCUT2D eigenvalue weighted by Gasteiger charge is -2.27. The summed E-state index contributed by atoms with van der Waals surface area (Å²) in [5.74, 6) is -0.658. The number of carbonyl (C=O) groups is 4. The van der Waals surface area contributed by atoms with Crippen LogP contribution in [0.5, 0.6) is 0 Å². The van der Waals surface area contributed by atoms with Crippen LogP contribution >= 0.6 is 0 Å². The molecule has 2 saturated heterocycles. The van der Waals surface area contributed by atoms with Crippen LogP contribution in [0.3, 0.4) is 0 Å². The number of primary amides is 1. The summed E-state index contributed by atoms with van der Waals surface area (Å²) < 4.78 is 0. The molecule has 2 fully saturated rings. The van der Waals surface area contributed by atoms with Crippen LogP contribution in [-0.4, -0.2) is 71.8 Å². The van der Waals surface area contributed by atoms with Gasteiger partial charge in [0.1, 0.15) is 0 Å². The van der Waals surface area contributed by atoms with Gasteiger partial charge in [-0.2, -0.15) is 0 Å². The number of fused-ring (bicyclic) bond motifs is 2. The van der Waals surface area contributed by atoms with E-state index in [1.165, 1.54) is 4.90 Å². The molecule has 0 saturated carbocycles. The largest absolute Gasteiger partial charge is 0.352 e. The highest BCUT2D eigenvalue weighted by Gasteiger charge is 2.49. The lowest BCUT2D eigenvalue weighted by Crippen LogP contribution is -2.49. The van der Waals surface area contributed by atoms with Gasteiger partial charge < -0.3 is 26.2 Å². The van der Waals surface area contributed by atoms with Crippen molar-refractivity contribution < 1.29 is 19.2 Å². The van der Waals surface area contributed by atoms with Crippen LogP contribution in [0.2, 0.25) is 0 Å². The van der Waals surface area contributed by atoms with Crippen LogP contribution in [0.4, 0.5) is 4.79 Å². The Balaban J connectivity index is 1.56. The number of rotatable bonds is 6. The Labute approximate surface area is 163 Å². The van der Waals surface area contributed by atoms with E-state index in [9.17, 15) is 19.2 Å². The second kappa shape index (κ2) is 8.28. The number of nitrogens with one attached hydrogen (secondary N) is 2. The molecule has 0 spiro atoms. The quantitative estimate of drug-likeness (QED) is 0.618. The number of hydrogen-bond donors (Lipinski definition) is 3. The molecule has 9 heteroatoms. The van der Waals surface area contributed by atoms with Crippen molar-refractivity contribution in [2.75, 3.05) is 20.1 Å². The van der Waals surface area contributed by atoms with Crippen LogP contribution < -0.4 is 16.4 Å².